The van der Waals surface area contributed by atoms with E-state index in [1.165, 1.54) is 64.2 Å². The predicted molar refractivity (Wildman–Crippen MR) is 318 cm³/mol. The molecule has 14 heteroatoms. The van der Waals surface area contributed by atoms with Gasteiger partial charge in [-0.1, -0.05) is 115 Å². The van der Waals surface area contributed by atoms with Crippen LogP contribution in [0, 0.1) is 22.7 Å². The quantitative estimate of drug-likeness (QED) is 0.0136. The Labute approximate surface area is 476 Å². The topological polar surface area (TPSA) is 174 Å². The summed E-state index contributed by atoms with van der Waals surface area (Å²) in [5.41, 5.74) is 5.05. The van der Waals surface area contributed by atoms with Crippen LogP contribution in [-0.4, -0.2) is 81.0 Å². The number of nitriles is 2. The molecule has 0 aromatic heterocycles. The highest BCUT2D eigenvalue weighted by Crippen LogP contribution is 2.35. The van der Waals surface area contributed by atoms with Crippen LogP contribution < -0.4 is 37.9 Å². The smallest absolute Gasteiger partial charge is 0.333 e. The highest BCUT2D eigenvalue weighted by Gasteiger charge is 2.13. The van der Waals surface area contributed by atoms with E-state index in [9.17, 15) is 20.1 Å². The van der Waals surface area contributed by atoms with Crippen LogP contribution in [0.1, 0.15) is 152 Å². The van der Waals surface area contributed by atoms with Gasteiger partial charge in [0.1, 0.15) is 0 Å². The zero-order chi connectivity index (χ0) is 58.3. The van der Waals surface area contributed by atoms with Gasteiger partial charge in [-0.15, -0.1) is 0 Å². The molecule has 0 fully saturated rings. The number of esters is 2. The van der Waals surface area contributed by atoms with Crippen molar-refractivity contribution in [3.8, 4) is 58.1 Å². The second-order valence-corrected chi connectivity index (χ2v) is 19.2. The number of carbonyl (C=O) groups excluding carboxylic acids is 2. The molecule has 0 unspecified atom stereocenters. The highest BCUT2D eigenvalue weighted by atomic mass is 16.5. The van der Waals surface area contributed by atoms with Crippen molar-refractivity contribution in [1.29, 1.82) is 10.5 Å². The van der Waals surface area contributed by atoms with E-state index in [2.05, 4.69) is 25.3 Å². The lowest BCUT2D eigenvalue weighted by atomic mass is 10.0. The maximum Gasteiger partial charge on any atom is 0.333 e. The van der Waals surface area contributed by atoms with Crippen molar-refractivity contribution >= 4 is 35.2 Å². The maximum atomic E-state index is 11.3. The third-order valence-corrected chi connectivity index (χ3v) is 12.9. The van der Waals surface area contributed by atoms with E-state index in [0.29, 0.717) is 94.7 Å². The van der Waals surface area contributed by atoms with Crippen LogP contribution in [0.15, 0.2) is 97.1 Å². The fourth-order valence-corrected chi connectivity index (χ4v) is 8.31. The van der Waals surface area contributed by atoms with Gasteiger partial charge in [0.15, 0.2) is 46.0 Å². The fraction of sp³-hybridized carbons (Fsp3) is 0.455. The van der Waals surface area contributed by atoms with Crippen LogP contribution in [0.2, 0.25) is 0 Å². The van der Waals surface area contributed by atoms with E-state index >= 15 is 0 Å². The minimum atomic E-state index is -0.298. The van der Waals surface area contributed by atoms with Crippen molar-refractivity contribution in [1.82, 2.24) is 0 Å². The van der Waals surface area contributed by atoms with Crippen molar-refractivity contribution in [3.63, 3.8) is 0 Å². The molecule has 80 heavy (non-hydrogen) atoms. The average molecular weight is 1100 g/mol. The molecule has 0 bridgehead atoms. The molecule has 4 aromatic rings. The summed E-state index contributed by atoms with van der Waals surface area (Å²) in [5.74, 6) is 4.41. The summed E-state index contributed by atoms with van der Waals surface area (Å²) in [7, 11) is 9.53. The first-order chi connectivity index (χ1) is 38.9. The minimum Gasteiger partial charge on any atom is -0.493 e. The number of unbranched alkanes of at least 4 members (excludes halogenated alkanes) is 16. The Kier molecular flexibility index (Phi) is 32.8. The van der Waals surface area contributed by atoms with E-state index < -0.39 is 0 Å². The summed E-state index contributed by atoms with van der Waals surface area (Å²) in [6.45, 7) is 12.7. The van der Waals surface area contributed by atoms with Gasteiger partial charge in [0.05, 0.1) is 92.4 Å². The minimum absolute atomic E-state index is 0.298. The Morgan fingerprint density at radius 3 is 0.950 bits per heavy atom. The van der Waals surface area contributed by atoms with Gasteiger partial charge < -0.3 is 47.4 Å². The molecule has 432 valence electrons. The van der Waals surface area contributed by atoms with E-state index in [4.69, 9.17) is 47.4 Å². The Balaban J connectivity index is 0.000000420. The first-order valence-corrected chi connectivity index (χ1v) is 27.8. The third kappa shape index (κ3) is 24.9. The van der Waals surface area contributed by atoms with Crippen LogP contribution in [0.25, 0.3) is 23.3 Å². The Morgan fingerprint density at radius 2 is 0.662 bits per heavy atom. The van der Waals surface area contributed by atoms with Gasteiger partial charge in [-0.2, -0.15) is 10.5 Å². The fourth-order valence-electron chi connectivity index (χ4n) is 8.31. The van der Waals surface area contributed by atoms with Gasteiger partial charge in [-0.3, -0.25) is 0 Å². The summed E-state index contributed by atoms with van der Waals surface area (Å²) in [6, 6.07) is 26.7. The summed E-state index contributed by atoms with van der Waals surface area (Å²) in [6.07, 6.45) is 23.8. The molecule has 14 nitrogen and oxygen atoms in total. The zero-order valence-electron chi connectivity index (χ0n) is 48.8. The maximum absolute atomic E-state index is 11.3. The molecule has 0 saturated carbocycles. The lowest BCUT2D eigenvalue weighted by molar-refractivity contribution is -0.139. The third-order valence-electron chi connectivity index (χ3n) is 12.9. The molecule has 0 amide bonds. The summed E-state index contributed by atoms with van der Waals surface area (Å²) >= 11 is 0. The number of ether oxygens (including phenoxy) is 10. The first-order valence-electron chi connectivity index (χ1n) is 27.8. The number of methoxy groups -OCH3 is 6. The largest absolute Gasteiger partial charge is 0.493 e. The molecule has 0 heterocycles. The number of rotatable bonds is 38. The molecule has 0 aliphatic carbocycles. The molecule has 4 rings (SSSR count). The second-order valence-electron chi connectivity index (χ2n) is 19.2. The van der Waals surface area contributed by atoms with Crippen molar-refractivity contribution in [3.05, 3.63) is 119 Å². The summed E-state index contributed by atoms with van der Waals surface area (Å²) in [4.78, 5) is 22.6. The first kappa shape index (κ1) is 66.4. The van der Waals surface area contributed by atoms with E-state index in [1.54, 1.807) is 80.8 Å². The van der Waals surface area contributed by atoms with Gasteiger partial charge in [0.2, 0.25) is 0 Å². The van der Waals surface area contributed by atoms with Crippen LogP contribution in [0.3, 0.4) is 0 Å². The molecule has 0 aliphatic heterocycles. The van der Waals surface area contributed by atoms with Gasteiger partial charge in [0.25, 0.3) is 0 Å². The van der Waals surface area contributed by atoms with Crippen LogP contribution in [0.4, 0.5) is 0 Å². The van der Waals surface area contributed by atoms with Crippen LogP contribution in [0.5, 0.6) is 46.0 Å². The number of benzene rings is 4. The normalized spacial score (nSPS) is 10.9. The SMILES string of the molecule is C=C(C)C(=O)OCCCCCCCCCCCOc1ccc(/C=C(\C#N)c2ccc(OC)c(OC)c2)cc1OC.C=C(C)C(=O)OCCCCCCCCCCCOc1ccc(/C=C(\C#N)c2ccc(OC)c(OC)c2)cc1OC. The molecule has 0 spiro atoms. The molecule has 0 saturated heterocycles. The van der Waals surface area contributed by atoms with Crippen molar-refractivity contribution in [2.75, 3.05) is 69.1 Å². The number of carbonyl (C=O) groups is 2. The van der Waals surface area contributed by atoms with Gasteiger partial charge in [-0.05, 0) is 135 Å². The highest BCUT2D eigenvalue weighted by molar-refractivity contribution is 5.91. The second kappa shape index (κ2) is 39.5. The van der Waals surface area contributed by atoms with Gasteiger partial charge >= 0.3 is 11.9 Å². The van der Waals surface area contributed by atoms with Crippen molar-refractivity contribution < 1.29 is 57.0 Å². The lowest BCUT2D eigenvalue weighted by Gasteiger charge is -2.12. The number of allylic oxidation sites excluding steroid dienone is 2. The molecule has 0 radical (unpaired) electrons. The Hall–Kier alpha value is -7.84. The van der Waals surface area contributed by atoms with Gasteiger partial charge in [0, 0.05) is 11.1 Å². The molecule has 0 N–H and O–H groups in total. The Morgan fingerprint density at radius 1 is 0.388 bits per heavy atom. The van der Waals surface area contributed by atoms with Gasteiger partial charge in [-0.25, -0.2) is 9.59 Å². The monoisotopic (exact) mass is 1100 g/mol. The van der Waals surface area contributed by atoms with Crippen molar-refractivity contribution in [2.45, 2.75) is 129 Å². The standard InChI is InChI=1S/2C33H43NO6/c2*1-25(2)33(35)40-20-14-12-10-8-6-7-9-11-13-19-39-30-17-15-26(22-31(30)37-4)21-28(24-34)27-16-18-29(36-3)32(23-27)38-5/h2*15-18,21-23H,1,6-14,19-20H2,2-5H3/b2*28-21+. The predicted octanol–water partition coefficient (Wildman–Crippen LogP) is 15.6. The molecular formula is C66H86N2O12. The van der Waals surface area contributed by atoms with Crippen LogP contribution >= 0.6 is 0 Å². The summed E-state index contributed by atoms with van der Waals surface area (Å²) < 4.78 is 54.6. The Bertz CT molecular complexity index is 2510. The van der Waals surface area contributed by atoms with E-state index in [1.807, 2.05) is 60.7 Å². The average Bonchev–Trinajstić information content (AvgIpc) is 3.48. The molecule has 0 atom stereocenters. The molecule has 0 aliphatic rings. The number of nitrogens with zero attached hydrogens (tertiary/aromatic N) is 2. The number of hydrogen-bond acceptors (Lipinski definition) is 14. The van der Waals surface area contributed by atoms with E-state index in [-0.39, 0.29) is 11.9 Å². The molecular weight excluding hydrogens is 1010 g/mol. The lowest BCUT2D eigenvalue weighted by Crippen LogP contribution is -2.05. The summed E-state index contributed by atoms with van der Waals surface area (Å²) in [5, 5.41) is 19.5. The van der Waals surface area contributed by atoms with Crippen LogP contribution in [-0.2, 0) is 19.1 Å². The number of hydrogen-bond donors (Lipinski definition) is 0. The van der Waals surface area contributed by atoms with E-state index in [0.717, 1.165) is 73.6 Å². The molecule has 4 aromatic carbocycles. The van der Waals surface area contributed by atoms with Crippen molar-refractivity contribution in [2.24, 2.45) is 0 Å². The zero-order valence-corrected chi connectivity index (χ0v) is 48.8.